The molecule has 7 nitrogen and oxygen atoms in total. The zero-order valence-electron chi connectivity index (χ0n) is 13.6. The summed E-state index contributed by atoms with van der Waals surface area (Å²) in [5.74, 6) is -1.09. The molecule has 0 aliphatic heterocycles. The molecule has 1 aliphatic rings. The van der Waals surface area contributed by atoms with Gasteiger partial charge in [0.15, 0.2) is 6.61 Å². The minimum absolute atomic E-state index is 0.139. The van der Waals surface area contributed by atoms with Gasteiger partial charge < -0.3 is 20.5 Å². The van der Waals surface area contributed by atoms with Crippen molar-refractivity contribution in [3.05, 3.63) is 24.3 Å². The molecule has 2 rings (SSSR count). The SMILES string of the molecule is CC(=O)NC(C(=O)Nc1cccc(OCC(=O)O)c1)C1CCCC1. The Balaban J connectivity index is 2.04. The molecule has 0 spiro atoms. The van der Waals surface area contributed by atoms with Crippen molar-refractivity contribution in [1.82, 2.24) is 5.32 Å². The highest BCUT2D eigenvalue weighted by molar-refractivity contribution is 5.97. The van der Waals surface area contributed by atoms with Crippen LogP contribution in [0.4, 0.5) is 5.69 Å². The summed E-state index contributed by atoms with van der Waals surface area (Å²) in [5, 5.41) is 14.1. The number of benzene rings is 1. The average molecular weight is 334 g/mol. The summed E-state index contributed by atoms with van der Waals surface area (Å²) in [4.78, 5) is 34.5. The molecule has 0 heterocycles. The van der Waals surface area contributed by atoms with Gasteiger partial charge in [-0.1, -0.05) is 18.9 Å². The highest BCUT2D eigenvalue weighted by Gasteiger charge is 2.31. The number of hydrogen-bond donors (Lipinski definition) is 3. The Bertz CT molecular complexity index is 611. The van der Waals surface area contributed by atoms with Crippen LogP contribution < -0.4 is 15.4 Å². The second-order valence-corrected chi connectivity index (χ2v) is 5.92. The van der Waals surface area contributed by atoms with E-state index in [1.165, 1.54) is 6.92 Å². The fourth-order valence-electron chi connectivity index (χ4n) is 2.94. The molecule has 7 heteroatoms. The van der Waals surface area contributed by atoms with E-state index in [2.05, 4.69) is 10.6 Å². The monoisotopic (exact) mass is 334 g/mol. The third kappa shape index (κ3) is 5.26. The lowest BCUT2D eigenvalue weighted by molar-refractivity contribution is -0.139. The Hall–Kier alpha value is -2.57. The lowest BCUT2D eigenvalue weighted by atomic mass is 9.97. The summed E-state index contributed by atoms with van der Waals surface area (Å²) < 4.78 is 5.09. The predicted octanol–water partition coefficient (Wildman–Crippen LogP) is 1.78. The van der Waals surface area contributed by atoms with Crippen LogP contribution in [0, 0.1) is 5.92 Å². The number of carbonyl (C=O) groups is 3. The molecule has 2 amide bonds. The van der Waals surface area contributed by atoms with Gasteiger partial charge >= 0.3 is 5.97 Å². The second kappa shape index (κ2) is 8.33. The largest absolute Gasteiger partial charge is 0.482 e. The van der Waals surface area contributed by atoms with Crippen LogP contribution in [-0.2, 0) is 14.4 Å². The quantitative estimate of drug-likeness (QED) is 0.705. The van der Waals surface area contributed by atoms with Crippen LogP contribution in [0.25, 0.3) is 0 Å². The van der Waals surface area contributed by atoms with E-state index in [0.29, 0.717) is 11.4 Å². The lowest BCUT2D eigenvalue weighted by Gasteiger charge is -2.23. The number of carbonyl (C=O) groups excluding carboxylic acids is 2. The minimum Gasteiger partial charge on any atom is -0.482 e. The molecule has 1 aromatic carbocycles. The van der Waals surface area contributed by atoms with Gasteiger partial charge in [0.05, 0.1) is 0 Å². The van der Waals surface area contributed by atoms with Crippen LogP contribution in [0.1, 0.15) is 32.6 Å². The van der Waals surface area contributed by atoms with Crippen molar-refractivity contribution in [1.29, 1.82) is 0 Å². The van der Waals surface area contributed by atoms with Crippen molar-refractivity contribution in [3.8, 4) is 5.75 Å². The number of carboxylic acids is 1. The van der Waals surface area contributed by atoms with Gasteiger partial charge in [0.2, 0.25) is 11.8 Å². The van der Waals surface area contributed by atoms with Crippen molar-refractivity contribution < 1.29 is 24.2 Å². The maximum absolute atomic E-state index is 12.6. The molecule has 1 fully saturated rings. The van der Waals surface area contributed by atoms with Gasteiger partial charge in [-0.15, -0.1) is 0 Å². The standard InChI is InChI=1S/C17H22N2O5/c1-11(20)18-16(12-5-2-3-6-12)17(23)19-13-7-4-8-14(9-13)24-10-15(21)22/h4,7-9,12,16H,2-3,5-6,10H2,1H3,(H,18,20)(H,19,23)(H,21,22). The first kappa shape index (κ1) is 17.8. The average Bonchev–Trinajstić information content (AvgIpc) is 3.05. The summed E-state index contributed by atoms with van der Waals surface area (Å²) in [5.41, 5.74) is 0.497. The van der Waals surface area contributed by atoms with Crippen LogP contribution in [0.15, 0.2) is 24.3 Å². The first-order valence-corrected chi connectivity index (χ1v) is 7.98. The lowest BCUT2D eigenvalue weighted by Crippen LogP contribution is -2.47. The van der Waals surface area contributed by atoms with Crippen LogP contribution in [0.5, 0.6) is 5.75 Å². The molecule has 1 atom stereocenters. The zero-order chi connectivity index (χ0) is 17.5. The van der Waals surface area contributed by atoms with E-state index in [1.807, 2.05) is 0 Å². The van der Waals surface area contributed by atoms with Gasteiger partial charge in [0.1, 0.15) is 11.8 Å². The van der Waals surface area contributed by atoms with E-state index in [1.54, 1.807) is 24.3 Å². The second-order valence-electron chi connectivity index (χ2n) is 5.92. The van der Waals surface area contributed by atoms with Gasteiger partial charge in [-0.2, -0.15) is 0 Å². The van der Waals surface area contributed by atoms with Crippen LogP contribution >= 0.6 is 0 Å². The molecule has 0 saturated heterocycles. The highest BCUT2D eigenvalue weighted by Crippen LogP contribution is 2.28. The molecule has 1 aromatic rings. The molecule has 0 aromatic heterocycles. The number of aliphatic carboxylic acids is 1. The maximum atomic E-state index is 12.6. The fourth-order valence-corrected chi connectivity index (χ4v) is 2.94. The van der Waals surface area contributed by atoms with E-state index in [4.69, 9.17) is 9.84 Å². The van der Waals surface area contributed by atoms with Gasteiger partial charge in [0.25, 0.3) is 0 Å². The smallest absolute Gasteiger partial charge is 0.341 e. The van der Waals surface area contributed by atoms with Gasteiger partial charge in [-0.05, 0) is 30.9 Å². The van der Waals surface area contributed by atoms with Gasteiger partial charge in [-0.25, -0.2) is 4.79 Å². The Labute approximate surface area is 140 Å². The van der Waals surface area contributed by atoms with Crippen molar-refractivity contribution in [2.24, 2.45) is 5.92 Å². The Kier molecular flexibility index (Phi) is 6.17. The molecule has 130 valence electrons. The van der Waals surface area contributed by atoms with Gasteiger partial charge in [-0.3, -0.25) is 9.59 Å². The summed E-state index contributed by atoms with van der Waals surface area (Å²) in [7, 11) is 0. The summed E-state index contributed by atoms with van der Waals surface area (Å²) in [6.07, 6.45) is 3.96. The number of hydrogen-bond acceptors (Lipinski definition) is 4. The summed E-state index contributed by atoms with van der Waals surface area (Å²) in [6, 6.07) is 5.95. The molecule has 3 N–H and O–H groups in total. The predicted molar refractivity (Wildman–Crippen MR) is 87.8 cm³/mol. The summed E-state index contributed by atoms with van der Waals surface area (Å²) in [6.45, 7) is 0.948. The van der Waals surface area contributed by atoms with E-state index in [-0.39, 0.29) is 17.7 Å². The number of ether oxygens (including phenoxy) is 1. The van der Waals surface area contributed by atoms with Gasteiger partial charge in [0, 0.05) is 18.7 Å². The first-order chi connectivity index (χ1) is 11.5. The molecule has 24 heavy (non-hydrogen) atoms. The number of nitrogens with one attached hydrogen (secondary N) is 2. The van der Waals surface area contributed by atoms with E-state index >= 15 is 0 Å². The minimum atomic E-state index is -1.07. The third-order valence-corrected chi connectivity index (χ3v) is 3.98. The molecular weight excluding hydrogens is 312 g/mol. The zero-order valence-corrected chi connectivity index (χ0v) is 13.6. The normalized spacial score (nSPS) is 15.5. The maximum Gasteiger partial charge on any atom is 0.341 e. The molecule has 1 aliphatic carbocycles. The summed E-state index contributed by atoms with van der Waals surface area (Å²) >= 11 is 0. The fraction of sp³-hybridized carbons (Fsp3) is 0.471. The molecular formula is C17H22N2O5. The third-order valence-electron chi connectivity index (χ3n) is 3.98. The van der Waals surface area contributed by atoms with Crippen molar-refractivity contribution >= 4 is 23.5 Å². The number of amides is 2. The number of rotatable bonds is 7. The van der Waals surface area contributed by atoms with E-state index < -0.39 is 18.6 Å². The van der Waals surface area contributed by atoms with E-state index in [0.717, 1.165) is 25.7 Å². The topological polar surface area (TPSA) is 105 Å². The number of carboxylic acid groups (broad SMARTS) is 1. The molecule has 0 bridgehead atoms. The van der Waals surface area contributed by atoms with Crippen LogP contribution in [0.2, 0.25) is 0 Å². The Morgan fingerprint density at radius 1 is 1.29 bits per heavy atom. The Morgan fingerprint density at radius 2 is 2.00 bits per heavy atom. The molecule has 1 unspecified atom stereocenters. The highest BCUT2D eigenvalue weighted by atomic mass is 16.5. The van der Waals surface area contributed by atoms with Crippen LogP contribution in [0.3, 0.4) is 0 Å². The Morgan fingerprint density at radius 3 is 2.62 bits per heavy atom. The van der Waals surface area contributed by atoms with Crippen molar-refractivity contribution in [2.45, 2.75) is 38.6 Å². The van der Waals surface area contributed by atoms with Crippen molar-refractivity contribution in [3.63, 3.8) is 0 Å². The molecule has 0 radical (unpaired) electrons. The van der Waals surface area contributed by atoms with Crippen molar-refractivity contribution in [2.75, 3.05) is 11.9 Å². The molecule has 1 saturated carbocycles. The van der Waals surface area contributed by atoms with E-state index in [9.17, 15) is 14.4 Å². The first-order valence-electron chi connectivity index (χ1n) is 7.98. The number of anilines is 1. The van der Waals surface area contributed by atoms with Crippen LogP contribution in [-0.4, -0.2) is 35.5 Å².